The molecule has 0 unspecified atom stereocenters. The van der Waals surface area contributed by atoms with Crippen LogP contribution in [0.3, 0.4) is 0 Å². The lowest BCUT2D eigenvalue weighted by molar-refractivity contribution is 0.321. The molecular formula is C9H14N2O. The predicted molar refractivity (Wildman–Crippen MR) is 49.0 cm³/mol. The number of rotatable bonds is 2. The quantitative estimate of drug-likeness (QED) is 0.394. The lowest BCUT2D eigenvalue weighted by atomic mass is 10.1. The Morgan fingerprint density at radius 2 is 2.17 bits per heavy atom. The second-order valence-corrected chi connectivity index (χ2v) is 2.87. The maximum Gasteiger partial charge on any atom is 0.0899 e. The first-order valence-electron chi connectivity index (χ1n) is 4.06. The van der Waals surface area contributed by atoms with Gasteiger partial charge in [0, 0.05) is 5.69 Å². The molecule has 0 aromatic carbocycles. The summed E-state index contributed by atoms with van der Waals surface area (Å²) in [7, 11) is 0. The van der Waals surface area contributed by atoms with Gasteiger partial charge in [-0.15, -0.1) is 0 Å². The minimum atomic E-state index is 0.895. The van der Waals surface area contributed by atoms with E-state index in [2.05, 4.69) is 17.1 Å². The van der Waals surface area contributed by atoms with E-state index >= 15 is 0 Å². The molecule has 3 heteroatoms. The Balaban J connectivity index is 3.17. The maximum atomic E-state index is 8.37. The summed E-state index contributed by atoms with van der Waals surface area (Å²) in [6.45, 7) is 6.17. The summed E-state index contributed by atoms with van der Waals surface area (Å²) in [5, 5.41) is 11.4. The van der Waals surface area contributed by atoms with Crippen molar-refractivity contribution in [2.45, 2.75) is 27.2 Å². The molecule has 2 N–H and O–H groups in total. The van der Waals surface area contributed by atoms with Crippen molar-refractivity contribution in [3.05, 3.63) is 22.5 Å². The Hall–Kier alpha value is -1.25. The van der Waals surface area contributed by atoms with Gasteiger partial charge in [-0.2, -0.15) is 0 Å². The number of aryl methyl sites for hydroxylation is 1. The van der Waals surface area contributed by atoms with Gasteiger partial charge in [-0.1, -0.05) is 12.1 Å². The fourth-order valence-corrected chi connectivity index (χ4v) is 1.53. The van der Waals surface area contributed by atoms with Gasteiger partial charge >= 0.3 is 0 Å². The van der Waals surface area contributed by atoms with E-state index in [0.717, 1.165) is 17.8 Å². The Labute approximate surface area is 72.1 Å². The molecular weight excluding hydrogens is 152 g/mol. The molecule has 1 aromatic heterocycles. The smallest absolute Gasteiger partial charge is 0.0899 e. The van der Waals surface area contributed by atoms with Crippen molar-refractivity contribution in [2.75, 3.05) is 0 Å². The third-order valence-electron chi connectivity index (χ3n) is 2.17. The molecule has 0 saturated heterocycles. The van der Waals surface area contributed by atoms with Crippen molar-refractivity contribution in [2.24, 2.45) is 5.16 Å². The molecule has 0 fully saturated rings. The highest BCUT2D eigenvalue weighted by Gasteiger charge is 2.07. The van der Waals surface area contributed by atoms with Crippen LogP contribution >= 0.6 is 0 Å². The molecule has 0 radical (unpaired) electrons. The Kier molecular flexibility index (Phi) is 2.53. The van der Waals surface area contributed by atoms with Crippen molar-refractivity contribution >= 4 is 6.21 Å². The van der Waals surface area contributed by atoms with Gasteiger partial charge in [-0.3, -0.25) is 0 Å². The zero-order chi connectivity index (χ0) is 9.14. The maximum absolute atomic E-state index is 8.37. The second-order valence-electron chi connectivity index (χ2n) is 2.87. The number of oxime groups is 1. The average molecular weight is 166 g/mol. The molecule has 1 aromatic rings. The second kappa shape index (κ2) is 3.43. The highest BCUT2D eigenvalue weighted by atomic mass is 16.4. The highest BCUT2D eigenvalue weighted by molar-refractivity contribution is 5.79. The molecule has 1 heterocycles. The molecule has 0 amide bonds. The minimum Gasteiger partial charge on any atom is -0.411 e. The van der Waals surface area contributed by atoms with Gasteiger partial charge in [-0.05, 0) is 31.4 Å². The summed E-state index contributed by atoms with van der Waals surface area (Å²) < 4.78 is 0. The number of aromatic nitrogens is 1. The molecule has 0 aliphatic rings. The van der Waals surface area contributed by atoms with Crippen LogP contribution in [0.2, 0.25) is 0 Å². The van der Waals surface area contributed by atoms with Gasteiger partial charge in [0.05, 0.1) is 11.9 Å². The van der Waals surface area contributed by atoms with Gasteiger partial charge in [0.2, 0.25) is 0 Å². The van der Waals surface area contributed by atoms with Crippen LogP contribution in [-0.4, -0.2) is 16.4 Å². The van der Waals surface area contributed by atoms with E-state index in [4.69, 9.17) is 5.21 Å². The minimum absolute atomic E-state index is 0.895. The van der Waals surface area contributed by atoms with Crippen molar-refractivity contribution in [3.63, 3.8) is 0 Å². The Bertz CT molecular complexity index is 300. The fourth-order valence-electron chi connectivity index (χ4n) is 1.53. The van der Waals surface area contributed by atoms with Gasteiger partial charge in [0.15, 0.2) is 0 Å². The molecule has 0 aliphatic heterocycles. The molecule has 0 bridgehead atoms. The number of hydrogen-bond donors (Lipinski definition) is 2. The molecule has 12 heavy (non-hydrogen) atoms. The molecule has 0 aliphatic carbocycles. The number of H-pyrrole nitrogens is 1. The molecule has 0 spiro atoms. The van der Waals surface area contributed by atoms with E-state index in [-0.39, 0.29) is 0 Å². The van der Waals surface area contributed by atoms with Crippen molar-refractivity contribution in [3.8, 4) is 0 Å². The third kappa shape index (κ3) is 1.35. The normalized spacial score (nSPS) is 11.2. The van der Waals surface area contributed by atoms with Crippen LogP contribution < -0.4 is 0 Å². The van der Waals surface area contributed by atoms with Gasteiger partial charge in [-0.25, -0.2) is 0 Å². The highest BCUT2D eigenvalue weighted by Crippen LogP contribution is 2.16. The first-order valence-corrected chi connectivity index (χ1v) is 4.06. The van der Waals surface area contributed by atoms with Crippen LogP contribution in [0.25, 0.3) is 0 Å². The number of nitrogens with zero attached hydrogens (tertiary/aromatic N) is 1. The summed E-state index contributed by atoms with van der Waals surface area (Å²) >= 11 is 0. The average Bonchev–Trinajstić information content (AvgIpc) is 2.29. The standard InChI is InChI=1S/C9H14N2O/c1-4-8-6(2)9(5-10-12)11-7(8)3/h5,11-12H,4H2,1-3H3/b10-5+. The topological polar surface area (TPSA) is 48.4 Å². The number of aromatic amines is 1. The van der Waals surface area contributed by atoms with Crippen LogP contribution in [0.4, 0.5) is 0 Å². The first-order chi connectivity index (χ1) is 5.70. The SMILES string of the molecule is CCc1c(C)[nH]c(/C=N/O)c1C. The largest absolute Gasteiger partial charge is 0.411 e. The Morgan fingerprint density at radius 3 is 2.58 bits per heavy atom. The van der Waals surface area contributed by atoms with Crippen molar-refractivity contribution < 1.29 is 5.21 Å². The lowest BCUT2D eigenvalue weighted by Crippen LogP contribution is -1.85. The first kappa shape index (κ1) is 8.84. The van der Waals surface area contributed by atoms with Crippen molar-refractivity contribution in [1.29, 1.82) is 0 Å². The van der Waals surface area contributed by atoms with E-state index in [1.54, 1.807) is 0 Å². The van der Waals surface area contributed by atoms with E-state index < -0.39 is 0 Å². The fraction of sp³-hybridized carbons (Fsp3) is 0.444. The summed E-state index contributed by atoms with van der Waals surface area (Å²) in [6.07, 6.45) is 2.44. The third-order valence-corrected chi connectivity index (χ3v) is 2.17. The molecule has 1 rings (SSSR count). The van der Waals surface area contributed by atoms with Crippen LogP contribution in [0.1, 0.15) is 29.4 Å². The van der Waals surface area contributed by atoms with E-state index in [0.29, 0.717) is 0 Å². The van der Waals surface area contributed by atoms with E-state index in [1.165, 1.54) is 17.3 Å². The number of nitrogens with one attached hydrogen (secondary N) is 1. The summed E-state index contributed by atoms with van der Waals surface area (Å²) in [4.78, 5) is 3.16. The summed E-state index contributed by atoms with van der Waals surface area (Å²) in [5.41, 5.74) is 4.54. The van der Waals surface area contributed by atoms with E-state index in [9.17, 15) is 0 Å². The molecule has 0 saturated carbocycles. The van der Waals surface area contributed by atoms with Crippen molar-refractivity contribution in [1.82, 2.24) is 4.98 Å². The van der Waals surface area contributed by atoms with Crippen LogP contribution in [0.5, 0.6) is 0 Å². The predicted octanol–water partition coefficient (Wildman–Crippen LogP) is 2.00. The van der Waals surface area contributed by atoms with Gasteiger partial charge in [0.25, 0.3) is 0 Å². The zero-order valence-electron chi connectivity index (χ0n) is 7.68. The van der Waals surface area contributed by atoms with Crippen LogP contribution in [0, 0.1) is 13.8 Å². The summed E-state index contributed by atoms with van der Waals surface area (Å²) in [5.74, 6) is 0. The molecule has 3 nitrogen and oxygen atoms in total. The molecule has 0 atom stereocenters. The zero-order valence-corrected chi connectivity index (χ0v) is 7.68. The van der Waals surface area contributed by atoms with Gasteiger partial charge in [0.1, 0.15) is 0 Å². The monoisotopic (exact) mass is 166 g/mol. The summed E-state index contributed by atoms with van der Waals surface area (Å²) in [6, 6.07) is 0. The van der Waals surface area contributed by atoms with Gasteiger partial charge < -0.3 is 10.2 Å². The Morgan fingerprint density at radius 1 is 1.50 bits per heavy atom. The lowest BCUT2D eigenvalue weighted by Gasteiger charge is -1.94. The molecule has 66 valence electrons. The number of hydrogen-bond acceptors (Lipinski definition) is 2. The van der Waals surface area contributed by atoms with Crippen LogP contribution in [0.15, 0.2) is 5.16 Å². The van der Waals surface area contributed by atoms with Crippen LogP contribution in [-0.2, 0) is 6.42 Å². The van der Waals surface area contributed by atoms with E-state index in [1.807, 2.05) is 13.8 Å².